The highest BCUT2D eigenvalue weighted by Gasteiger charge is 2.17. The van der Waals surface area contributed by atoms with Gasteiger partial charge in [-0.3, -0.25) is 4.79 Å². The van der Waals surface area contributed by atoms with Crippen molar-refractivity contribution in [2.75, 3.05) is 6.54 Å². The number of carboxylic acid groups (broad SMARTS) is 1. The average Bonchev–Trinajstić information content (AvgIpc) is 2.74. The summed E-state index contributed by atoms with van der Waals surface area (Å²) in [5, 5.41) is 12.3. The van der Waals surface area contributed by atoms with Gasteiger partial charge in [-0.1, -0.05) is 19.1 Å². The van der Waals surface area contributed by atoms with Crippen LogP contribution in [-0.2, 0) is 11.3 Å². The molecule has 0 saturated carbocycles. The molecule has 1 aromatic heterocycles. The maximum atomic E-state index is 11.2. The number of aromatic nitrogens is 2. The number of carbonyl (C=O) groups is 1. The molecule has 108 valence electrons. The van der Waals surface area contributed by atoms with Gasteiger partial charge in [0.15, 0.2) is 0 Å². The number of hydrogen-bond donors (Lipinski definition) is 2. The first-order chi connectivity index (χ1) is 9.63. The number of aryl methyl sites for hydroxylation is 2. The molecule has 0 radical (unpaired) electrons. The molecule has 1 heterocycles. The van der Waals surface area contributed by atoms with Crippen LogP contribution in [0.4, 0.5) is 0 Å². The van der Waals surface area contributed by atoms with Crippen LogP contribution in [0, 0.1) is 6.92 Å². The van der Waals surface area contributed by atoms with Gasteiger partial charge in [0.1, 0.15) is 11.9 Å². The van der Waals surface area contributed by atoms with Crippen LogP contribution >= 0.6 is 0 Å². The van der Waals surface area contributed by atoms with E-state index in [1.54, 1.807) is 0 Å². The SMILES string of the molecule is CCCNC(CCn1c(C)nc2ccccc21)C(=O)O. The molecule has 1 atom stereocenters. The van der Waals surface area contributed by atoms with Gasteiger partial charge in [0, 0.05) is 6.54 Å². The predicted molar refractivity (Wildman–Crippen MR) is 78.8 cm³/mol. The molecule has 0 aliphatic rings. The number of nitrogens with zero attached hydrogens (tertiary/aromatic N) is 2. The van der Waals surface area contributed by atoms with Gasteiger partial charge in [0.05, 0.1) is 11.0 Å². The van der Waals surface area contributed by atoms with E-state index in [0.29, 0.717) is 13.0 Å². The molecular formula is C15H21N3O2. The van der Waals surface area contributed by atoms with E-state index in [1.165, 1.54) is 0 Å². The minimum atomic E-state index is -0.791. The Balaban J connectivity index is 2.11. The largest absolute Gasteiger partial charge is 0.480 e. The summed E-state index contributed by atoms with van der Waals surface area (Å²) < 4.78 is 2.08. The minimum absolute atomic E-state index is 0.504. The third-order valence-electron chi connectivity index (χ3n) is 3.43. The molecule has 0 bridgehead atoms. The summed E-state index contributed by atoms with van der Waals surface area (Å²) in [6.07, 6.45) is 1.48. The van der Waals surface area contributed by atoms with E-state index in [2.05, 4.69) is 14.9 Å². The van der Waals surface area contributed by atoms with Crippen LogP contribution in [0.1, 0.15) is 25.6 Å². The molecule has 1 unspecified atom stereocenters. The Morgan fingerprint density at radius 3 is 2.90 bits per heavy atom. The molecule has 0 spiro atoms. The smallest absolute Gasteiger partial charge is 0.320 e. The van der Waals surface area contributed by atoms with Gasteiger partial charge in [-0.05, 0) is 38.4 Å². The first kappa shape index (κ1) is 14.5. The molecule has 1 aromatic carbocycles. The molecule has 0 aliphatic carbocycles. The Morgan fingerprint density at radius 1 is 1.45 bits per heavy atom. The highest BCUT2D eigenvalue weighted by molar-refractivity contribution is 5.76. The maximum Gasteiger partial charge on any atom is 0.320 e. The third-order valence-corrected chi connectivity index (χ3v) is 3.43. The second-order valence-corrected chi connectivity index (χ2v) is 4.93. The van der Waals surface area contributed by atoms with Gasteiger partial charge in [0.2, 0.25) is 0 Å². The van der Waals surface area contributed by atoms with Crippen molar-refractivity contribution in [3.05, 3.63) is 30.1 Å². The van der Waals surface area contributed by atoms with E-state index in [9.17, 15) is 9.90 Å². The van der Waals surface area contributed by atoms with Gasteiger partial charge >= 0.3 is 5.97 Å². The van der Waals surface area contributed by atoms with Gasteiger partial charge in [-0.25, -0.2) is 4.98 Å². The molecule has 2 aromatic rings. The number of imidazole rings is 1. The Bertz CT molecular complexity index is 592. The lowest BCUT2D eigenvalue weighted by Gasteiger charge is -2.15. The van der Waals surface area contributed by atoms with Crippen molar-refractivity contribution in [3.63, 3.8) is 0 Å². The third kappa shape index (κ3) is 3.17. The number of benzene rings is 1. The van der Waals surface area contributed by atoms with E-state index in [0.717, 1.165) is 29.8 Å². The van der Waals surface area contributed by atoms with Crippen LogP contribution in [0.15, 0.2) is 24.3 Å². The number of para-hydroxylation sites is 2. The van der Waals surface area contributed by atoms with Crippen molar-refractivity contribution in [2.24, 2.45) is 0 Å². The minimum Gasteiger partial charge on any atom is -0.480 e. The summed E-state index contributed by atoms with van der Waals surface area (Å²) in [5.74, 6) is 0.131. The van der Waals surface area contributed by atoms with Gasteiger partial charge < -0.3 is 15.0 Å². The normalized spacial score (nSPS) is 12.7. The second-order valence-electron chi connectivity index (χ2n) is 4.93. The summed E-state index contributed by atoms with van der Waals surface area (Å²) in [5.41, 5.74) is 2.02. The number of aliphatic carboxylic acids is 1. The van der Waals surface area contributed by atoms with Crippen molar-refractivity contribution in [1.29, 1.82) is 0 Å². The quantitative estimate of drug-likeness (QED) is 0.813. The van der Waals surface area contributed by atoms with E-state index in [4.69, 9.17) is 0 Å². The Morgan fingerprint density at radius 2 is 2.20 bits per heavy atom. The standard InChI is InChI=1S/C15H21N3O2/c1-3-9-16-13(15(19)20)8-10-18-11(2)17-12-6-4-5-7-14(12)18/h4-7,13,16H,3,8-10H2,1-2H3,(H,19,20). The van der Waals surface area contributed by atoms with Gasteiger partial charge in [-0.2, -0.15) is 0 Å². The highest BCUT2D eigenvalue weighted by atomic mass is 16.4. The average molecular weight is 275 g/mol. The van der Waals surface area contributed by atoms with Crippen molar-refractivity contribution in [3.8, 4) is 0 Å². The van der Waals surface area contributed by atoms with E-state index in [-0.39, 0.29) is 0 Å². The zero-order valence-electron chi connectivity index (χ0n) is 12.0. The Kier molecular flexibility index (Phi) is 4.74. The summed E-state index contributed by atoms with van der Waals surface area (Å²) in [6, 6.07) is 7.43. The lowest BCUT2D eigenvalue weighted by Crippen LogP contribution is -2.38. The van der Waals surface area contributed by atoms with Crippen LogP contribution in [0.3, 0.4) is 0 Å². The zero-order valence-corrected chi connectivity index (χ0v) is 12.0. The van der Waals surface area contributed by atoms with Crippen molar-refractivity contribution in [2.45, 2.75) is 39.3 Å². The predicted octanol–water partition coefficient (Wildman–Crippen LogP) is 2.19. The first-order valence-electron chi connectivity index (χ1n) is 7.01. The fourth-order valence-corrected chi connectivity index (χ4v) is 2.37. The van der Waals surface area contributed by atoms with Gasteiger partial charge in [-0.15, -0.1) is 0 Å². The maximum absolute atomic E-state index is 11.2. The number of carboxylic acids is 1. The summed E-state index contributed by atoms with van der Waals surface area (Å²) in [7, 11) is 0. The molecule has 0 amide bonds. The molecule has 2 rings (SSSR count). The van der Waals surface area contributed by atoms with Crippen molar-refractivity contribution in [1.82, 2.24) is 14.9 Å². The van der Waals surface area contributed by atoms with Crippen LogP contribution in [0.2, 0.25) is 0 Å². The Labute approximate surface area is 118 Å². The molecule has 5 nitrogen and oxygen atoms in total. The van der Waals surface area contributed by atoms with Crippen LogP contribution in [0.5, 0.6) is 0 Å². The molecule has 0 saturated heterocycles. The molecule has 0 fully saturated rings. The topological polar surface area (TPSA) is 67.2 Å². The fourth-order valence-electron chi connectivity index (χ4n) is 2.37. The fraction of sp³-hybridized carbons (Fsp3) is 0.467. The lowest BCUT2D eigenvalue weighted by molar-refractivity contribution is -0.139. The zero-order chi connectivity index (χ0) is 14.5. The summed E-state index contributed by atoms with van der Waals surface area (Å²) in [6.45, 7) is 5.36. The van der Waals surface area contributed by atoms with Crippen LogP contribution in [0.25, 0.3) is 11.0 Å². The van der Waals surface area contributed by atoms with Crippen molar-refractivity contribution >= 4 is 17.0 Å². The molecule has 0 aliphatic heterocycles. The summed E-state index contributed by atoms with van der Waals surface area (Å²) >= 11 is 0. The van der Waals surface area contributed by atoms with E-state index < -0.39 is 12.0 Å². The number of nitrogens with one attached hydrogen (secondary N) is 1. The Hall–Kier alpha value is -1.88. The van der Waals surface area contributed by atoms with Crippen LogP contribution in [-0.4, -0.2) is 33.2 Å². The lowest BCUT2D eigenvalue weighted by atomic mass is 10.2. The van der Waals surface area contributed by atoms with Crippen LogP contribution < -0.4 is 5.32 Å². The summed E-state index contributed by atoms with van der Waals surface area (Å²) in [4.78, 5) is 15.7. The molecule has 2 N–H and O–H groups in total. The van der Waals surface area contributed by atoms with Gasteiger partial charge in [0.25, 0.3) is 0 Å². The molecule has 20 heavy (non-hydrogen) atoms. The first-order valence-corrected chi connectivity index (χ1v) is 7.01. The van der Waals surface area contributed by atoms with E-state index >= 15 is 0 Å². The molecular weight excluding hydrogens is 254 g/mol. The van der Waals surface area contributed by atoms with Crippen molar-refractivity contribution < 1.29 is 9.90 Å². The highest BCUT2D eigenvalue weighted by Crippen LogP contribution is 2.16. The number of hydrogen-bond acceptors (Lipinski definition) is 3. The van der Waals surface area contributed by atoms with E-state index in [1.807, 2.05) is 38.1 Å². The molecule has 5 heteroatoms. The second kappa shape index (κ2) is 6.52. The number of rotatable bonds is 7. The number of fused-ring (bicyclic) bond motifs is 1. The monoisotopic (exact) mass is 275 g/mol.